The maximum atomic E-state index is 12.3. The van der Waals surface area contributed by atoms with Crippen LogP contribution in [0.25, 0.3) is 0 Å². The molecule has 4 amide bonds. The van der Waals surface area contributed by atoms with E-state index < -0.39 is 66.7 Å². The molecular formula is C17H30N6O8. The number of amides is 4. The predicted molar refractivity (Wildman–Crippen MR) is 106 cm³/mol. The van der Waals surface area contributed by atoms with E-state index in [1.165, 1.54) is 0 Å². The number of primary amides is 1. The zero-order valence-electron chi connectivity index (χ0n) is 17.0. The Bertz CT molecular complexity index is 671. The van der Waals surface area contributed by atoms with E-state index >= 15 is 0 Å². The Balaban J connectivity index is 4.86. The van der Waals surface area contributed by atoms with Gasteiger partial charge in [0.05, 0.1) is 19.0 Å². The molecule has 176 valence electrons. The van der Waals surface area contributed by atoms with Crippen LogP contribution in [0.2, 0.25) is 0 Å². The van der Waals surface area contributed by atoms with Crippen molar-refractivity contribution in [1.82, 2.24) is 16.0 Å². The number of carbonyl (C=O) groups excluding carboxylic acids is 4. The lowest BCUT2D eigenvalue weighted by Gasteiger charge is -2.20. The predicted octanol–water partition coefficient (Wildman–Crippen LogP) is -3.65. The fraction of sp³-hybridized carbons (Fsp3) is 0.647. The topological polar surface area (TPSA) is 257 Å². The molecule has 0 aromatic rings. The molecule has 11 N–H and O–H groups in total. The van der Waals surface area contributed by atoms with E-state index in [1.54, 1.807) is 0 Å². The summed E-state index contributed by atoms with van der Waals surface area (Å²) in [6, 6.07) is -3.91. The molecule has 14 nitrogen and oxygen atoms in total. The van der Waals surface area contributed by atoms with Crippen LogP contribution in [0.3, 0.4) is 0 Å². The summed E-state index contributed by atoms with van der Waals surface area (Å²) in [6.45, 7) is -0.214. The normalized spacial score (nSPS) is 13.4. The molecule has 0 rings (SSSR count). The third-order valence-electron chi connectivity index (χ3n) is 4.05. The van der Waals surface area contributed by atoms with Gasteiger partial charge in [-0.3, -0.25) is 24.0 Å². The molecule has 14 heteroatoms. The van der Waals surface area contributed by atoms with Crippen LogP contribution in [-0.2, 0) is 28.8 Å². The standard InChI is InChI=1S/C17H30N6O8/c18-6-2-1-3-11(17(30)31)22-13(25)8-21-16(29)10(4-5-12(20)24)23-15(28)9(19)7-14(26)27/h9-11H,1-8,18-19H2,(H2,20,24)(H,21,29)(H,22,25)(H,23,28)(H,26,27)(H,30,31). The van der Waals surface area contributed by atoms with E-state index in [4.69, 9.17) is 27.4 Å². The first kappa shape index (κ1) is 27.7. The highest BCUT2D eigenvalue weighted by Crippen LogP contribution is 2.02. The zero-order valence-corrected chi connectivity index (χ0v) is 17.0. The molecule has 0 aliphatic heterocycles. The van der Waals surface area contributed by atoms with Crippen molar-refractivity contribution in [3.8, 4) is 0 Å². The minimum absolute atomic E-state index is 0.158. The Morgan fingerprint density at radius 3 is 2.03 bits per heavy atom. The van der Waals surface area contributed by atoms with Gasteiger partial charge in [-0.15, -0.1) is 0 Å². The molecule has 3 unspecified atom stereocenters. The molecule has 3 atom stereocenters. The van der Waals surface area contributed by atoms with E-state index in [2.05, 4.69) is 16.0 Å². The molecular weight excluding hydrogens is 416 g/mol. The van der Waals surface area contributed by atoms with Crippen LogP contribution in [-0.4, -0.2) is 77.0 Å². The van der Waals surface area contributed by atoms with Crippen molar-refractivity contribution in [3.05, 3.63) is 0 Å². The van der Waals surface area contributed by atoms with Gasteiger partial charge in [-0.05, 0) is 32.2 Å². The monoisotopic (exact) mass is 446 g/mol. The Labute approximate surface area is 178 Å². The van der Waals surface area contributed by atoms with Crippen LogP contribution in [0.5, 0.6) is 0 Å². The maximum absolute atomic E-state index is 12.3. The van der Waals surface area contributed by atoms with Crippen molar-refractivity contribution >= 4 is 35.6 Å². The highest BCUT2D eigenvalue weighted by Gasteiger charge is 2.26. The number of carboxylic acids is 2. The average molecular weight is 446 g/mol. The van der Waals surface area contributed by atoms with Gasteiger partial charge in [0.2, 0.25) is 23.6 Å². The van der Waals surface area contributed by atoms with E-state index in [1.807, 2.05) is 0 Å². The lowest BCUT2D eigenvalue weighted by atomic mass is 10.1. The lowest BCUT2D eigenvalue weighted by Crippen LogP contribution is -2.54. The second kappa shape index (κ2) is 14.7. The summed E-state index contributed by atoms with van der Waals surface area (Å²) in [7, 11) is 0. The van der Waals surface area contributed by atoms with Gasteiger partial charge in [-0.25, -0.2) is 4.79 Å². The van der Waals surface area contributed by atoms with Crippen LogP contribution >= 0.6 is 0 Å². The molecule has 0 radical (unpaired) electrons. The Hall–Kier alpha value is -3.26. The first-order valence-corrected chi connectivity index (χ1v) is 9.53. The Morgan fingerprint density at radius 2 is 1.52 bits per heavy atom. The van der Waals surface area contributed by atoms with Crippen molar-refractivity contribution in [1.29, 1.82) is 0 Å². The molecule has 0 aromatic carbocycles. The van der Waals surface area contributed by atoms with E-state index in [0.29, 0.717) is 19.4 Å². The summed E-state index contributed by atoms with van der Waals surface area (Å²) in [5.41, 5.74) is 15.8. The van der Waals surface area contributed by atoms with Crippen molar-refractivity contribution < 1.29 is 39.0 Å². The third kappa shape index (κ3) is 12.8. The molecule has 0 saturated carbocycles. The van der Waals surface area contributed by atoms with Crippen molar-refractivity contribution in [2.45, 2.75) is 56.7 Å². The number of nitrogens with one attached hydrogen (secondary N) is 3. The van der Waals surface area contributed by atoms with Gasteiger partial charge in [0, 0.05) is 6.42 Å². The number of rotatable bonds is 16. The fourth-order valence-corrected chi connectivity index (χ4v) is 2.40. The number of carboxylic acid groups (broad SMARTS) is 2. The number of unbranched alkanes of at least 4 members (excludes halogenated alkanes) is 1. The summed E-state index contributed by atoms with van der Waals surface area (Å²) in [5.74, 6) is -5.89. The van der Waals surface area contributed by atoms with Gasteiger partial charge >= 0.3 is 11.9 Å². The van der Waals surface area contributed by atoms with Crippen molar-refractivity contribution in [2.75, 3.05) is 13.1 Å². The molecule has 0 spiro atoms. The molecule has 0 fully saturated rings. The first-order chi connectivity index (χ1) is 14.5. The number of hydrogen-bond acceptors (Lipinski definition) is 8. The number of hydrogen-bond donors (Lipinski definition) is 8. The van der Waals surface area contributed by atoms with E-state index in [0.717, 1.165) is 0 Å². The van der Waals surface area contributed by atoms with E-state index in [9.17, 15) is 28.8 Å². The first-order valence-electron chi connectivity index (χ1n) is 9.53. The van der Waals surface area contributed by atoms with Gasteiger partial charge < -0.3 is 43.4 Å². The summed E-state index contributed by atoms with van der Waals surface area (Å²) in [6.07, 6.45) is 0.0514. The van der Waals surface area contributed by atoms with Crippen LogP contribution in [0.15, 0.2) is 0 Å². The minimum atomic E-state index is -1.44. The second-order valence-corrected chi connectivity index (χ2v) is 6.73. The summed E-state index contributed by atoms with van der Waals surface area (Å²) in [4.78, 5) is 69.1. The lowest BCUT2D eigenvalue weighted by molar-refractivity contribution is -0.142. The molecule has 31 heavy (non-hydrogen) atoms. The maximum Gasteiger partial charge on any atom is 0.326 e. The quantitative estimate of drug-likeness (QED) is 0.108. The summed E-state index contributed by atoms with van der Waals surface area (Å²) < 4.78 is 0. The minimum Gasteiger partial charge on any atom is -0.481 e. The Kier molecular flexibility index (Phi) is 13.1. The van der Waals surface area contributed by atoms with E-state index in [-0.39, 0.29) is 19.3 Å². The largest absolute Gasteiger partial charge is 0.481 e. The van der Waals surface area contributed by atoms with Crippen molar-refractivity contribution in [3.63, 3.8) is 0 Å². The van der Waals surface area contributed by atoms with Gasteiger partial charge in [0.15, 0.2) is 0 Å². The molecule has 0 bridgehead atoms. The highest BCUT2D eigenvalue weighted by atomic mass is 16.4. The zero-order chi connectivity index (χ0) is 24.0. The van der Waals surface area contributed by atoms with Crippen molar-refractivity contribution in [2.24, 2.45) is 17.2 Å². The Morgan fingerprint density at radius 1 is 0.871 bits per heavy atom. The SMILES string of the molecule is NCCCCC(NC(=O)CNC(=O)C(CCC(N)=O)NC(=O)C(N)CC(=O)O)C(=O)O. The molecule has 0 saturated heterocycles. The molecule has 0 aliphatic carbocycles. The summed E-state index contributed by atoms with van der Waals surface area (Å²) in [5, 5.41) is 24.5. The number of carbonyl (C=O) groups is 6. The smallest absolute Gasteiger partial charge is 0.326 e. The van der Waals surface area contributed by atoms with Gasteiger partial charge in [-0.2, -0.15) is 0 Å². The van der Waals surface area contributed by atoms with Gasteiger partial charge in [0.25, 0.3) is 0 Å². The van der Waals surface area contributed by atoms with Gasteiger partial charge in [0.1, 0.15) is 12.1 Å². The average Bonchev–Trinajstić information content (AvgIpc) is 2.67. The van der Waals surface area contributed by atoms with Gasteiger partial charge in [-0.1, -0.05) is 0 Å². The third-order valence-corrected chi connectivity index (χ3v) is 4.05. The second-order valence-electron chi connectivity index (χ2n) is 6.73. The van der Waals surface area contributed by atoms with Crippen LogP contribution in [0.4, 0.5) is 0 Å². The highest BCUT2D eigenvalue weighted by molar-refractivity contribution is 5.93. The number of aliphatic carboxylic acids is 2. The number of nitrogens with two attached hydrogens (primary N) is 3. The molecule has 0 heterocycles. The summed E-state index contributed by atoms with van der Waals surface area (Å²) >= 11 is 0. The molecule has 0 aliphatic rings. The molecule has 0 aromatic heterocycles. The van der Waals surface area contributed by atoms with Crippen LogP contribution < -0.4 is 33.2 Å². The van der Waals surface area contributed by atoms with Crippen LogP contribution in [0, 0.1) is 0 Å². The van der Waals surface area contributed by atoms with Crippen LogP contribution in [0.1, 0.15) is 38.5 Å². The fourth-order valence-electron chi connectivity index (χ4n) is 2.40.